The Hall–Kier alpha value is -0.870. The van der Waals surface area contributed by atoms with Crippen LogP contribution in [0.3, 0.4) is 0 Å². The van der Waals surface area contributed by atoms with Gasteiger partial charge >= 0.3 is 0 Å². The first-order chi connectivity index (χ1) is 9.92. The first-order valence-corrected chi connectivity index (χ1v) is 8.36. The molecule has 2 aromatic carbocycles. The van der Waals surface area contributed by atoms with E-state index in [4.69, 9.17) is 4.74 Å². The van der Waals surface area contributed by atoms with Crippen LogP contribution in [0.5, 0.6) is 5.75 Å². The second kappa shape index (κ2) is 6.93. The Morgan fingerprint density at radius 3 is 2.48 bits per heavy atom. The van der Waals surface area contributed by atoms with Crippen LogP contribution in [0.1, 0.15) is 27.1 Å². The van der Waals surface area contributed by atoms with Gasteiger partial charge in [-0.1, -0.05) is 34.1 Å². The number of ether oxygens (including phenoxy) is 1. The molecule has 0 heterocycles. The maximum absolute atomic E-state index is 13.6. The number of rotatable bonds is 4. The Kier molecular flexibility index (Phi) is 5.44. The van der Waals surface area contributed by atoms with Crippen molar-refractivity contribution in [1.29, 1.82) is 0 Å². The lowest BCUT2D eigenvalue weighted by Gasteiger charge is -2.16. The Bertz CT molecular complexity index is 655. The lowest BCUT2D eigenvalue weighted by molar-refractivity contribution is 0.405. The number of aryl methyl sites for hydroxylation is 2. The average Bonchev–Trinajstić information content (AvgIpc) is 2.45. The minimum atomic E-state index is -0.318. The summed E-state index contributed by atoms with van der Waals surface area (Å²) >= 11 is 6.93. The van der Waals surface area contributed by atoms with E-state index in [1.807, 2.05) is 0 Å². The molecule has 1 nitrogen and oxygen atoms in total. The Morgan fingerprint density at radius 2 is 1.86 bits per heavy atom. The highest BCUT2D eigenvalue weighted by Gasteiger charge is 2.17. The maximum atomic E-state index is 13.6. The standard InChI is InChI=1S/C17H17Br2FO/c1-10-4-5-12(6-11(10)2)7-14(18)13-8-15(19)16(20)9-17(13)21-3/h4-6,8-9,14H,7H2,1-3H3. The molecule has 0 aromatic heterocycles. The molecule has 0 saturated carbocycles. The smallest absolute Gasteiger partial charge is 0.141 e. The van der Waals surface area contributed by atoms with Gasteiger partial charge in [0.15, 0.2) is 0 Å². The van der Waals surface area contributed by atoms with Crippen molar-refractivity contribution in [1.82, 2.24) is 0 Å². The zero-order valence-electron chi connectivity index (χ0n) is 12.2. The van der Waals surface area contributed by atoms with Crippen molar-refractivity contribution in [3.05, 3.63) is 62.9 Å². The lowest BCUT2D eigenvalue weighted by Crippen LogP contribution is -2.01. The van der Waals surface area contributed by atoms with Crippen molar-refractivity contribution in [2.24, 2.45) is 0 Å². The number of methoxy groups -OCH3 is 1. The van der Waals surface area contributed by atoms with Gasteiger partial charge in [-0.05, 0) is 59.0 Å². The molecule has 2 aromatic rings. The van der Waals surface area contributed by atoms with E-state index in [2.05, 4.69) is 63.9 Å². The zero-order chi connectivity index (χ0) is 15.6. The summed E-state index contributed by atoms with van der Waals surface area (Å²) in [6.45, 7) is 4.21. The minimum Gasteiger partial charge on any atom is -0.496 e. The van der Waals surface area contributed by atoms with Crippen LogP contribution >= 0.6 is 31.9 Å². The molecule has 0 fully saturated rings. The molecule has 0 aliphatic heterocycles. The van der Waals surface area contributed by atoms with Crippen LogP contribution in [0.2, 0.25) is 0 Å². The SMILES string of the molecule is COc1cc(F)c(Br)cc1C(Br)Cc1ccc(C)c(C)c1. The number of alkyl halides is 1. The van der Waals surface area contributed by atoms with Crippen molar-refractivity contribution in [2.75, 3.05) is 7.11 Å². The van der Waals surface area contributed by atoms with Crippen molar-refractivity contribution in [2.45, 2.75) is 25.1 Å². The van der Waals surface area contributed by atoms with Crippen LogP contribution in [-0.2, 0) is 6.42 Å². The molecule has 0 saturated heterocycles. The van der Waals surface area contributed by atoms with Crippen LogP contribution in [0.15, 0.2) is 34.8 Å². The molecular weight excluding hydrogens is 399 g/mol. The third kappa shape index (κ3) is 3.86. The summed E-state index contributed by atoms with van der Waals surface area (Å²) in [6, 6.07) is 9.63. The summed E-state index contributed by atoms with van der Waals surface area (Å²) in [7, 11) is 1.56. The van der Waals surface area contributed by atoms with Gasteiger partial charge in [0.25, 0.3) is 0 Å². The van der Waals surface area contributed by atoms with E-state index < -0.39 is 0 Å². The molecule has 0 spiro atoms. The molecule has 0 amide bonds. The molecule has 0 radical (unpaired) electrons. The Morgan fingerprint density at radius 1 is 1.14 bits per heavy atom. The van der Waals surface area contributed by atoms with E-state index >= 15 is 0 Å². The fourth-order valence-corrected chi connectivity index (χ4v) is 3.31. The minimum absolute atomic E-state index is 0.0615. The van der Waals surface area contributed by atoms with Crippen molar-refractivity contribution >= 4 is 31.9 Å². The molecule has 0 aliphatic carbocycles. The molecule has 112 valence electrons. The van der Waals surface area contributed by atoms with E-state index in [0.29, 0.717) is 10.2 Å². The first kappa shape index (κ1) is 16.5. The quantitative estimate of drug-likeness (QED) is 0.565. The average molecular weight is 416 g/mol. The van der Waals surface area contributed by atoms with Crippen LogP contribution in [0.25, 0.3) is 0 Å². The van der Waals surface area contributed by atoms with Gasteiger partial charge in [-0.3, -0.25) is 0 Å². The van der Waals surface area contributed by atoms with Crippen LogP contribution in [-0.4, -0.2) is 7.11 Å². The summed E-state index contributed by atoms with van der Waals surface area (Å²) in [5.41, 5.74) is 4.73. The first-order valence-electron chi connectivity index (χ1n) is 6.65. The second-order valence-electron chi connectivity index (χ2n) is 5.10. The largest absolute Gasteiger partial charge is 0.496 e. The van der Waals surface area contributed by atoms with Gasteiger partial charge < -0.3 is 4.74 Å². The number of hydrogen-bond acceptors (Lipinski definition) is 1. The predicted molar refractivity (Wildman–Crippen MR) is 91.9 cm³/mol. The monoisotopic (exact) mass is 414 g/mol. The van der Waals surface area contributed by atoms with Crippen LogP contribution < -0.4 is 4.74 Å². The number of benzene rings is 2. The van der Waals surface area contributed by atoms with E-state index in [1.54, 1.807) is 13.2 Å². The van der Waals surface area contributed by atoms with E-state index in [1.165, 1.54) is 22.8 Å². The predicted octanol–water partition coefficient (Wildman–Crippen LogP) is 5.89. The van der Waals surface area contributed by atoms with Gasteiger partial charge in [-0.15, -0.1) is 0 Å². The van der Waals surface area contributed by atoms with Gasteiger partial charge in [0, 0.05) is 16.5 Å². The van der Waals surface area contributed by atoms with Gasteiger partial charge in [-0.2, -0.15) is 0 Å². The highest BCUT2D eigenvalue weighted by molar-refractivity contribution is 9.10. The molecule has 4 heteroatoms. The summed E-state index contributed by atoms with van der Waals surface area (Å²) in [5, 5.41) is 0. The van der Waals surface area contributed by atoms with Gasteiger partial charge in [0.05, 0.1) is 11.6 Å². The van der Waals surface area contributed by atoms with Crippen LogP contribution in [0.4, 0.5) is 4.39 Å². The molecule has 1 atom stereocenters. The van der Waals surface area contributed by atoms with Gasteiger partial charge in [0.1, 0.15) is 11.6 Å². The Labute approximate surface area is 141 Å². The number of halogens is 3. The van der Waals surface area contributed by atoms with E-state index in [9.17, 15) is 4.39 Å². The summed E-state index contributed by atoms with van der Waals surface area (Å²) in [6.07, 6.45) is 0.815. The van der Waals surface area contributed by atoms with Crippen molar-refractivity contribution in [3.63, 3.8) is 0 Å². The molecule has 1 unspecified atom stereocenters. The molecule has 0 bridgehead atoms. The zero-order valence-corrected chi connectivity index (χ0v) is 15.4. The molecule has 0 N–H and O–H groups in total. The summed E-state index contributed by atoms with van der Waals surface area (Å²) < 4.78 is 19.3. The molecule has 2 rings (SSSR count). The van der Waals surface area contributed by atoms with E-state index in [-0.39, 0.29) is 10.6 Å². The van der Waals surface area contributed by atoms with Crippen molar-refractivity contribution in [3.8, 4) is 5.75 Å². The van der Waals surface area contributed by atoms with Crippen LogP contribution in [0, 0.1) is 19.7 Å². The fourth-order valence-electron chi connectivity index (χ4n) is 2.21. The third-order valence-corrected chi connectivity index (χ3v) is 5.02. The van der Waals surface area contributed by atoms with E-state index in [0.717, 1.165) is 12.0 Å². The number of hydrogen-bond donors (Lipinski definition) is 0. The third-order valence-electron chi connectivity index (χ3n) is 3.60. The second-order valence-corrected chi connectivity index (χ2v) is 7.06. The molecular formula is C17H17Br2FO. The summed E-state index contributed by atoms with van der Waals surface area (Å²) in [4.78, 5) is 0.0615. The topological polar surface area (TPSA) is 9.23 Å². The lowest BCUT2D eigenvalue weighted by atomic mass is 10.00. The highest BCUT2D eigenvalue weighted by atomic mass is 79.9. The summed E-state index contributed by atoms with van der Waals surface area (Å²) in [5.74, 6) is 0.239. The molecule has 21 heavy (non-hydrogen) atoms. The normalized spacial score (nSPS) is 12.3. The van der Waals surface area contributed by atoms with Crippen molar-refractivity contribution < 1.29 is 9.13 Å². The highest BCUT2D eigenvalue weighted by Crippen LogP contribution is 2.37. The van der Waals surface area contributed by atoms with Gasteiger partial charge in [-0.25, -0.2) is 4.39 Å². The van der Waals surface area contributed by atoms with Gasteiger partial charge in [0.2, 0.25) is 0 Å². The Balaban J connectivity index is 2.29. The maximum Gasteiger partial charge on any atom is 0.141 e. The fraction of sp³-hybridized carbons (Fsp3) is 0.294. The molecule has 0 aliphatic rings.